The fourth-order valence-corrected chi connectivity index (χ4v) is 2.97. The number of nitrogens with zero attached hydrogens (tertiary/aromatic N) is 1. The van der Waals surface area contributed by atoms with Crippen LogP contribution in [0.1, 0.15) is 11.1 Å². The van der Waals surface area contributed by atoms with Gasteiger partial charge in [0.2, 0.25) is 0 Å². The van der Waals surface area contributed by atoms with Gasteiger partial charge in [0.1, 0.15) is 6.61 Å². The number of benzene rings is 2. The molecular formula is C20H17NO5. The molecule has 1 aliphatic heterocycles. The number of rotatable bonds is 5. The second-order valence-electron chi connectivity index (χ2n) is 6.02. The van der Waals surface area contributed by atoms with Gasteiger partial charge in [0.05, 0.1) is 12.8 Å². The Hall–Kier alpha value is -3.12. The Morgan fingerprint density at radius 2 is 2.04 bits per heavy atom. The first kappa shape index (κ1) is 16.4. The van der Waals surface area contributed by atoms with Gasteiger partial charge < -0.3 is 19.0 Å². The molecule has 4 rings (SSSR count). The van der Waals surface area contributed by atoms with Gasteiger partial charge in [-0.25, -0.2) is 4.98 Å². The standard InChI is InChI=1S/C20H17NO5/c22-10-14-7-13(5-6-15(14)19-9-21-12-25-19)8-16(23)20-11-24-17-3-1-2-4-18(17)26-20/h1-7,9,12,20,22H,8,10-11H2. The molecule has 0 saturated heterocycles. The minimum Gasteiger partial charge on any atom is -0.485 e. The molecule has 0 saturated carbocycles. The van der Waals surface area contributed by atoms with Crippen molar-refractivity contribution in [3.05, 3.63) is 66.2 Å². The van der Waals surface area contributed by atoms with Gasteiger partial charge in [-0.2, -0.15) is 0 Å². The van der Waals surface area contributed by atoms with Gasteiger partial charge in [-0.15, -0.1) is 0 Å². The number of fused-ring (bicyclic) bond motifs is 1. The fraction of sp³-hybridized carbons (Fsp3) is 0.200. The van der Waals surface area contributed by atoms with E-state index in [1.807, 2.05) is 30.3 Å². The maximum atomic E-state index is 12.6. The number of ketones is 1. The SMILES string of the molecule is O=C(Cc1ccc(-c2cnco2)c(CO)c1)C1COc2ccccc2O1. The fourth-order valence-electron chi connectivity index (χ4n) is 2.97. The molecule has 2 heterocycles. The molecule has 2 aromatic carbocycles. The number of oxazole rings is 1. The number of carbonyl (C=O) groups excluding carboxylic acids is 1. The molecule has 1 N–H and O–H groups in total. The lowest BCUT2D eigenvalue weighted by atomic mass is 9.98. The second kappa shape index (κ2) is 7.01. The van der Waals surface area contributed by atoms with Crippen molar-refractivity contribution in [2.75, 3.05) is 6.61 Å². The van der Waals surface area contributed by atoms with Crippen LogP contribution in [0.3, 0.4) is 0 Å². The van der Waals surface area contributed by atoms with Crippen molar-refractivity contribution < 1.29 is 23.8 Å². The van der Waals surface area contributed by atoms with E-state index in [1.165, 1.54) is 6.39 Å². The maximum absolute atomic E-state index is 12.6. The lowest BCUT2D eigenvalue weighted by Gasteiger charge is -2.25. The van der Waals surface area contributed by atoms with E-state index < -0.39 is 6.10 Å². The van der Waals surface area contributed by atoms with Crippen LogP contribution in [0.5, 0.6) is 11.5 Å². The third-order valence-electron chi connectivity index (χ3n) is 4.28. The van der Waals surface area contributed by atoms with Gasteiger partial charge in [-0.05, 0) is 23.3 Å². The average molecular weight is 351 g/mol. The van der Waals surface area contributed by atoms with Crippen LogP contribution in [0.2, 0.25) is 0 Å². The first-order valence-corrected chi connectivity index (χ1v) is 8.27. The molecule has 1 atom stereocenters. The van der Waals surface area contributed by atoms with E-state index in [0.29, 0.717) is 22.8 Å². The smallest absolute Gasteiger partial charge is 0.191 e. The topological polar surface area (TPSA) is 81.8 Å². The lowest BCUT2D eigenvalue weighted by Crippen LogP contribution is -2.37. The highest BCUT2D eigenvalue weighted by Crippen LogP contribution is 2.31. The first-order valence-electron chi connectivity index (χ1n) is 8.27. The average Bonchev–Trinajstić information content (AvgIpc) is 3.22. The summed E-state index contributed by atoms with van der Waals surface area (Å²) in [6.45, 7) is 0.0351. The molecule has 0 radical (unpaired) electrons. The summed E-state index contributed by atoms with van der Waals surface area (Å²) in [6, 6.07) is 12.8. The van der Waals surface area contributed by atoms with Crippen LogP contribution in [-0.2, 0) is 17.8 Å². The minimum atomic E-state index is -0.642. The highest BCUT2D eigenvalue weighted by atomic mass is 16.6. The number of ether oxygens (including phenoxy) is 2. The highest BCUT2D eigenvalue weighted by Gasteiger charge is 2.27. The Morgan fingerprint density at radius 3 is 2.81 bits per heavy atom. The second-order valence-corrected chi connectivity index (χ2v) is 6.02. The summed E-state index contributed by atoms with van der Waals surface area (Å²) >= 11 is 0. The van der Waals surface area contributed by atoms with Gasteiger partial charge in [0.15, 0.2) is 35.5 Å². The molecule has 26 heavy (non-hydrogen) atoms. The van der Waals surface area contributed by atoms with Crippen molar-refractivity contribution in [3.8, 4) is 22.8 Å². The molecule has 1 unspecified atom stereocenters. The van der Waals surface area contributed by atoms with Crippen molar-refractivity contribution in [2.45, 2.75) is 19.1 Å². The van der Waals surface area contributed by atoms with Crippen LogP contribution < -0.4 is 9.47 Å². The van der Waals surface area contributed by atoms with Crippen LogP contribution in [0, 0.1) is 0 Å². The maximum Gasteiger partial charge on any atom is 0.191 e. The van der Waals surface area contributed by atoms with E-state index >= 15 is 0 Å². The van der Waals surface area contributed by atoms with E-state index in [0.717, 1.165) is 11.1 Å². The summed E-state index contributed by atoms with van der Waals surface area (Å²) in [4.78, 5) is 16.5. The number of hydrogen-bond donors (Lipinski definition) is 1. The lowest BCUT2D eigenvalue weighted by molar-refractivity contribution is -0.127. The Bertz CT molecular complexity index is 920. The van der Waals surface area contributed by atoms with Crippen molar-refractivity contribution >= 4 is 5.78 Å². The zero-order valence-corrected chi connectivity index (χ0v) is 13.9. The number of Topliss-reactive ketones (excluding diaryl/α,β-unsaturated/α-hetero) is 1. The highest BCUT2D eigenvalue weighted by molar-refractivity contribution is 5.86. The Labute approximate surface area is 150 Å². The zero-order valence-electron chi connectivity index (χ0n) is 13.9. The van der Waals surface area contributed by atoms with Crippen molar-refractivity contribution in [1.29, 1.82) is 0 Å². The normalized spacial score (nSPS) is 15.7. The Kier molecular flexibility index (Phi) is 4.41. The molecule has 132 valence electrons. The van der Waals surface area contributed by atoms with Gasteiger partial charge in [-0.1, -0.05) is 30.3 Å². The molecule has 0 spiro atoms. The van der Waals surface area contributed by atoms with E-state index in [4.69, 9.17) is 13.9 Å². The van der Waals surface area contributed by atoms with Gasteiger partial charge in [-0.3, -0.25) is 4.79 Å². The molecule has 1 aliphatic rings. The van der Waals surface area contributed by atoms with Crippen molar-refractivity contribution in [3.63, 3.8) is 0 Å². The van der Waals surface area contributed by atoms with Crippen molar-refractivity contribution in [1.82, 2.24) is 4.98 Å². The van der Waals surface area contributed by atoms with E-state index in [9.17, 15) is 9.90 Å². The molecule has 6 nitrogen and oxygen atoms in total. The molecule has 0 bridgehead atoms. The van der Waals surface area contributed by atoms with Crippen molar-refractivity contribution in [2.24, 2.45) is 0 Å². The van der Waals surface area contributed by atoms with Crippen LogP contribution in [-0.4, -0.2) is 28.6 Å². The Balaban J connectivity index is 1.50. The monoisotopic (exact) mass is 351 g/mol. The number of carbonyl (C=O) groups is 1. The van der Waals surface area contributed by atoms with E-state index in [1.54, 1.807) is 18.3 Å². The molecule has 0 aliphatic carbocycles. The molecule has 0 fully saturated rings. The zero-order chi connectivity index (χ0) is 17.9. The molecule has 3 aromatic rings. The van der Waals surface area contributed by atoms with Gasteiger partial charge in [0.25, 0.3) is 0 Å². The van der Waals surface area contributed by atoms with E-state index in [-0.39, 0.29) is 25.4 Å². The summed E-state index contributed by atoms with van der Waals surface area (Å²) in [6.07, 6.45) is 2.48. The van der Waals surface area contributed by atoms with Gasteiger partial charge in [0, 0.05) is 12.0 Å². The largest absolute Gasteiger partial charge is 0.485 e. The molecular weight excluding hydrogens is 334 g/mol. The molecule has 1 aromatic heterocycles. The summed E-state index contributed by atoms with van der Waals surface area (Å²) in [5.74, 6) is 1.73. The number of aromatic nitrogens is 1. The summed E-state index contributed by atoms with van der Waals surface area (Å²) in [5.41, 5.74) is 2.23. The predicted molar refractivity (Wildman–Crippen MR) is 92.9 cm³/mol. The predicted octanol–water partition coefficient (Wildman–Crippen LogP) is 2.79. The summed E-state index contributed by atoms with van der Waals surface area (Å²) in [5, 5.41) is 9.64. The number of aliphatic hydroxyl groups excluding tert-OH is 1. The minimum absolute atomic E-state index is 0.0733. The quantitative estimate of drug-likeness (QED) is 0.761. The van der Waals surface area contributed by atoms with Gasteiger partial charge >= 0.3 is 0 Å². The summed E-state index contributed by atoms with van der Waals surface area (Å²) in [7, 11) is 0. The van der Waals surface area contributed by atoms with Crippen LogP contribution in [0.25, 0.3) is 11.3 Å². The number of para-hydroxylation sites is 2. The van der Waals surface area contributed by atoms with Crippen LogP contribution >= 0.6 is 0 Å². The van der Waals surface area contributed by atoms with Crippen LogP contribution in [0.4, 0.5) is 0 Å². The molecule has 0 amide bonds. The van der Waals surface area contributed by atoms with Crippen LogP contribution in [0.15, 0.2) is 59.5 Å². The number of hydrogen-bond acceptors (Lipinski definition) is 6. The summed E-state index contributed by atoms with van der Waals surface area (Å²) < 4.78 is 16.6. The first-order chi connectivity index (χ1) is 12.7. The third-order valence-corrected chi connectivity index (χ3v) is 4.28. The molecule has 6 heteroatoms. The third kappa shape index (κ3) is 3.19. The number of aliphatic hydroxyl groups is 1. The van der Waals surface area contributed by atoms with E-state index in [2.05, 4.69) is 4.98 Å². The Morgan fingerprint density at radius 1 is 1.19 bits per heavy atom.